The van der Waals surface area contributed by atoms with Crippen LogP contribution < -0.4 is 5.32 Å². The fourth-order valence-corrected chi connectivity index (χ4v) is 2.07. The third-order valence-corrected chi connectivity index (χ3v) is 3.11. The molecular formula is C17H15N3O2. The van der Waals surface area contributed by atoms with Crippen molar-refractivity contribution in [3.05, 3.63) is 78.5 Å². The maximum atomic E-state index is 12.0. The second-order valence-electron chi connectivity index (χ2n) is 4.70. The molecule has 0 radical (unpaired) electrons. The number of aromatic nitrogens is 2. The first-order valence-electron chi connectivity index (χ1n) is 6.89. The van der Waals surface area contributed by atoms with Gasteiger partial charge in [0.25, 0.3) is 0 Å². The number of carbonyl (C=O) groups excluding carboxylic acids is 1. The number of hydrogen-bond acceptors (Lipinski definition) is 3. The molecule has 0 saturated heterocycles. The lowest BCUT2D eigenvalue weighted by atomic mass is 10.1. The first kappa shape index (κ1) is 13.9. The average molecular weight is 293 g/mol. The molecule has 0 aliphatic heterocycles. The largest absolute Gasteiger partial charge is 0.465 e. The van der Waals surface area contributed by atoms with E-state index >= 15 is 0 Å². The van der Waals surface area contributed by atoms with E-state index in [-0.39, 0.29) is 5.91 Å². The molecule has 0 aliphatic rings. The van der Waals surface area contributed by atoms with Crippen molar-refractivity contribution in [3.63, 3.8) is 0 Å². The summed E-state index contributed by atoms with van der Waals surface area (Å²) in [6, 6.07) is 13.1. The summed E-state index contributed by atoms with van der Waals surface area (Å²) >= 11 is 0. The van der Waals surface area contributed by atoms with Gasteiger partial charge in [-0.05, 0) is 35.9 Å². The van der Waals surface area contributed by atoms with Crippen molar-refractivity contribution in [1.82, 2.24) is 9.78 Å². The Morgan fingerprint density at radius 1 is 1.23 bits per heavy atom. The highest BCUT2D eigenvalue weighted by Gasteiger charge is 2.05. The predicted octanol–water partition coefficient (Wildman–Crippen LogP) is 3.18. The van der Waals surface area contributed by atoms with Crippen LogP contribution in [0.1, 0.15) is 11.3 Å². The zero-order valence-corrected chi connectivity index (χ0v) is 11.8. The molecule has 0 bridgehead atoms. The van der Waals surface area contributed by atoms with Crippen LogP contribution in [0, 0.1) is 0 Å². The Labute approximate surface area is 127 Å². The second-order valence-corrected chi connectivity index (χ2v) is 4.70. The summed E-state index contributed by atoms with van der Waals surface area (Å²) in [6.07, 6.45) is 8.26. The lowest BCUT2D eigenvalue weighted by molar-refractivity contribution is -0.111. The predicted molar refractivity (Wildman–Crippen MR) is 84.1 cm³/mol. The molecule has 2 aromatic heterocycles. The summed E-state index contributed by atoms with van der Waals surface area (Å²) in [5, 5.41) is 7.06. The van der Waals surface area contributed by atoms with E-state index in [1.807, 2.05) is 41.2 Å². The molecule has 0 fully saturated rings. The van der Waals surface area contributed by atoms with Crippen LogP contribution in [0.3, 0.4) is 0 Å². The summed E-state index contributed by atoms with van der Waals surface area (Å²) in [7, 11) is 0. The van der Waals surface area contributed by atoms with E-state index in [1.54, 1.807) is 30.7 Å². The molecule has 1 aromatic carbocycles. The number of nitrogens with zero attached hydrogens (tertiary/aromatic N) is 2. The molecule has 1 N–H and O–H groups in total. The van der Waals surface area contributed by atoms with Crippen LogP contribution in [0.5, 0.6) is 0 Å². The molecule has 0 aliphatic carbocycles. The van der Waals surface area contributed by atoms with E-state index in [9.17, 15) is 4.79 Å². The maximum absolute atomic E-state index is 12.0. The molecule has 2 heterocycles. The van der Waals surface area contributed by atoms with Gasteiger partial charge < -0.3 is 9.73 Å². The lowest BCUT2D eigenvalue weighted by Crippen LogP contribution is -2.11. The van der Waals surface area contributed by atoms with Crippen molar-refractivity contribution in [2.24, 2.45) is 0 Å². The Balaban J connectivity index is 1.70. The van der Waals surface area contributed by atoms with E-state index in [2.05, 4.69) is 10.4 Å². The first-order chi connectivity index (χ1) is 10.8. The number of nitrogens with one attached hydrogen (secondary N) is 1. The molecule has 3 rings (SSSR count). The number of amides is 1. The Hall–Kier alpha value is -3.08. The monoisotopic (exact) mass is 293 g/mol. The van der Waals surface area contributed by atoms with Gasteiger partial charge in [-0.15, -0.1) is 0 Å². The Bertz CT molecular complexity index is 759. The molecule has 1 amide bonds. The minimum Gasteiger partial charge on any atom is -0.465 e. The van der Waals surface area contributed by atoms with Crippen molar-refractivity contribution in [2.45, 2.75) is 6.54 Å². The SMILES string of the molecule is O=C(C=Cc1ccco1)Nc1ccccc1Cn1cccn1. The van der Waals surface area contributed by atoms with Gasteiger partial charge in [-0.1, -0.05) is 18.2 Å². The van der Waals surface area contributed by atoms with Gasteiger partial charge >= 0.3 is 0 Å². The van der Waals surface area contributed by atoms with Gasteiger partial charge in [0.1, 0.15) is 5.76 Å². The molecule has 0 atom stereocenters. The maximum Gasteiger partial charge on any atom is 0.248 e. The summed E-state index contributed by atoms with van der Waals surface area (Å²) in [4.78, 5) is 12.0. The van der Waals surface area contributed by atoms with E-state index in [1.165, 1.54) is 6.08 Å². The van der Waals surface area contributed by atoms with Gasteiger partial charge in [-0.25, -0.2) is 0 Å². The minimum atomic E-state index is -0.204. The molecule has 22 heavy (non-hydrogen) atoms. The number of para-hydroxylation sites is 1. The molecule has 0 spiro atoms. The molecule has 0 saturated carbocycles. The smallest absolute Gasteiger partial charge is 0.248 e. The Kier molecular flexibility index (Phi) is 4.15. The van der Waals surface area contributed by atoms with Gasteiger partial charge in [0, 0.05) is 24.2 Å². The number of hydrogen-bond donors (Lipinski definition) is 1. The van der Waals surface area contributed by atoms with E-state index in [0.717, 1.165) is 11.3 Å². The summed E-state index contributed by atoms with van der Waals surface area (Å²) < 4.78 is 6.96. The van der Waals surface area contributed by atoms with Crippen LogP contribution in [0.4, 0.5) is 5.69 Å². The van der Waals surface area contributed by atoms with E-state index in [0.29, 0.717) is 12.3 Å². The van der Waals surface area contributed by atoms with Crippen molar-refractivity contribution in [3.8, 4) is 0 Å². The highest BCUT2D eigenvalue weighted by Crippen LogP contribution is 2.16. The summed E-state index contributed by atoms with van der Waals surface area (Å²) in [6.45, 7) is 0.603. The Morgan fingerprint density at radius 2 is 2.14 bits per heavy atom. The quantitative estimate of drug-likeness (QED) is 0.735. The zero-order valence-electron chi connectivity index (χ0n) is 11.8. The van der Waals surface area contributed by atoms with E-state index < -0.39 is 0 Å². The molecule has 0 unspecified atom stereocenters. The van der Waals surface area contributed by atoms with Crippen LogP contribution in [0.15, 0.2) is 71.6 Å². The van der Waals surface area contributed by atoms with Crippen LogP contribution in [0.2, 0.25) is 0 Å². The molecule has 110 valence electrons. The Morgan fingerprint density at radius 3 is 2.91 bits per heavy atom. The molecule has 3 aromatic rings. The van der Waals surface area contributed by atoms with Gasteiger partial charge in [0.15, 0.2) is 0 Å². The average Bonchev–Trinajstić information content (AvgIpc) is 3.20. The number of rotatable bonds is 5. The number of anilines is 1. The number of furan rings is 1. The highest BCUT2D eigenvalue weighted by atomic mass is 16.3. The fraction of sp³-hybridized carbons (Fsp3) is 0.0588. The normalized spacial score (nSPS) is 10.9. The van der Waals surface area contributed by atoms with Crippen molar-refractivity contribution >= 4 is 17.7 Å². The van der Waals surface area contributed by atoms with Crippen LogP contribution in [-0.4, -0.2) is 15.7 Å². The molecular weight excluding hydrogens is 278 g/mol. The lowest BCUT2D eigenvalue weighted by Gasteiger charge is -2.09. The fourth-order valence-electron chi connectivity index (χ4n) is 2.07. The second kappa shape index (κ2) is 6.58. The standard InChI is InChI=1S/C17H15N3O2/c21-17(9-8-15-6-3-12-22-15)19-16-7-2-1-5-14(16)13-20-11-4-10-18-20/h1-12H,13H2,(H,19,21). The minimum absolute atomic E-state index is 0.204. The first-order valence-corrected chi connectivity index (χ1v) is 6.89. The molecule has 5 nitrogen and oxygen atoms in total. The number of benzene rings is 1. The van der Waals surface area contributed by atoms with Crippen LogP contribution in [0.25, 0.3) is 6.08 Å². The van der Waals surface area contributed by atoms with Gasteiger partial charge in [0.2, 0.25) is 5.91 Å². The van der Waals surface area contributed by atoms with Crippen molar-refractivity contribution < 1.29 is 9.21 Å². The molecule has 5 heteroatoms. The van der Waals surface area contributed by atoms with Gasteiger partial charge in [0.05, 0.1) is 12.8 Å². The summed E-state index contributed by atoms with van der Waals surface area (Å²) in [5.41, 5.74) is 1.76. The summed E-state index contributed by atoms with van der Waals surface area (Å²) in [5.74, 6) is 0.435. The van der Waals surface area contributed by atoms with Crippen molar-refractivity contribution in [1.29, 1.82) is 0 Å². The third-order valence-electron chi connectivity index (χ3n) is 3.11. The topological polar surface area (TPSA) is 60.1 Å². The van der Waals surface area contributed by atoms with Gasteiger partial charge in [-0.3, -0.25) is 9.48 Å². The van der Waals surface area contributed by atoms with E-state index in [4.69, 9.17) is 4.42 Å². The number of carbonyl (C=O) groups is 1. The third kappa shape index (κ3) is 3.52. The highest BCUT2D eigenvalue weighted by molar-refractivity contribution is 6.02. The van der Waals surface area contributed by atoms with Crippen molar-refractivity contribution in [2.75, 3.05) is 5.32 Å². The van der Waals surface area contributed by atoms with Crippen LogP contribution in [-0.2, 0) is 11.3 Å². The zero-order chi connectivity index (χ0) is 15.2. The van der Waals surface area contributed by atoms with Crippen LogP contribution >= 0.6 is 0 Å². The van der Waals surface area contributed by atoms with Gasteiger partial charge in [-0.2, -0.15) is 5.10 Å².